The van der Waals surface area contributed by atoms with E-state index in [9.17, 15) is 4.79 Å². The number of amides is 1. The van der Waals surface area contributed by atoms with Gasteiger partial charge >= 0.3 is 6.09 Å². The molecule has 0 aromatic heterocycles. The minimum absolute atomic E-state index is 0.218. The van der Waals surface area contributed by atoms with Gasteiger partial charge in [-0.05, 0) is 17.7 Å². The van der Waals surface area contributed by atoms with Crippen molar-refractivity contribution < 1.29 is 9.53 Å². The first kappa shape index (κ1) is 9.52. The molecule has 1 aliphatic rings. The molecule has 14 heavy (non-hydrogen) atoms. The van der Waals surface area contributed by atoms with E-state index in [4.69, 9.17) is 4.74 Å². The molecule has 0 spiro atoms. The minimum atomic E-state index is -0.218. The van der Waals surface area contributed by atoms with E-state index in [0.717, 1.165) is 10.0 Å². The van der Waals surface area contributed by atoms with E-state index >= 15 is 0 Å². The molecule has 1 aromatic carbocycles. The van der Waals surface area contributed by atoms with Crippen LogP contribution in [0, 0.1) is 0 Å². The highest BCUT2D eigenvalue weighted by molar-refractivity contribution is 9.10. The van der Waals surface area contributed by atoms with Crippen LogP contribution in [0.3, 0.4) is 0 Å². The zero-order valence-corrected chi connectivity index (χ0v) is 9.16. The van der Waals surface area contributed by atoms with E-state index in [1.165, 1.54) is 0 Å². The molecule has 0 radical (unpaired) electrons. The monoisotopic (exact) mass is 255 g/mol. The first-order valence-electron chi connectivity index (χ1n) is 4.42. The second kappa shape index (κ2) is 4.00. The quantitative estimate of drug-likeness (QED) is 0.813. The van der Waals surface area contributed by atoms with Crippen molar-refractivity contribution in [1.82, 2.24) is 4.90 Å². The van der Waals surface area contributed by atoms with Gasteiger partial charge in [0.05, 0.1) is 6.54 Å². The highest BCUT2D eigenvalue weighted by Gasteiger charge is 2.21. The maximum Gasteiger partial charge on any atom is 0.410 e. The van der Waals surface area contributed by atoms with Crippen molar-refractivity contribution in [3.63, 3.8) is 0 Å². The Bertz CT molecular complexity index is 354. The first-order chi connectivity index (χ1) is 6.75. The Kier molecular flexibility index (Phi) is 2.72. The number of halogens is 1. The summed E-state index contributed by atoms with van der Waals surface area (Å²) in [5, 5.41) is 0. The third-order valence-corrected chi connectivity index (χ3v) is 2.60. The summed E-state index contributed by atoms with van der Waals surface area (Å²) in [5.41, 5.74) is 1.11. The lowest BCUT2D eigenvalue weighted by Crippen LogP contribution is -2.23. The smallest absolute Gasteiger partial charge is 0.410 e. The Labute approximate surface area is 90.8 Å². The average Bonchev–Trinajstić information content (AvgIpc) is 2.52. The molecule has 0 N–H and O–H groups in total. The Morgan fingerprint density at radius 2 is 2.36 bits per heavy atom. The van der Waals surface area contributed by atoms with Gasteiger partial charge in [0.2, 0.25) is 0 Å². The molecule has 3 nitrogen and oxygen atoms in total. The number of hydrogen-bond acceptors (Lipinski definition) is 2. The summed E-state index contributed by atoms with van der Waals surface area (Å²) in [5.74, 6) is 0. The zero-order chi connectivity index (χ0) is 9.97. The highest BCUT2D eigenvalue weighted by Crippen LogP contribution is 2.15. The number of carbonyl (C=O) groups excluding carboxylic acids is 1. The van der Waals surface area contributed by atoms with Gasteiger partial charge in [-0.25, -0.2) is 4.79 Å². The molecule has 2 rings (SSSR count). The lowest BCUT2D eigenvalue weighted by Gasteiger charge is -2.12. The van der Waals surface area contributed by atoms with E-state index in [0.29, 0.717) is 19.7 Å². The molecule has 1 saturated heterocycles. The van der Waals surface area contributed by atoms with Crippen LogP contribution in [-0.2, 0) is 11.3 Å². The molecule has 74 valence electrons. The van der Waals surface area contributed by atoms with Gasteiger partial charge in [-0.2, -0.15) is 0 Å². The average molecular weight is 256 g/mol. The molecule has 1 heterocycles. The maximum absolute atomic E-state index is 11.2. The van der Waals surface area contributed by atoms with Crippen LogP contribution in [0.1, 0.15) is 5.56 Å². The second-order valence-electron chi connectivity index (χ2n) is 3.17. The molecule has 1 aromatic rings. The molecule has 4 heteroatoms. The lowest BCUT2D eigenvalue weighted by atomic mass is 10.2. The molecular weight excluding hydrogens is 246 g/mol. The van der Waals surface area contributed by atoms with E-state index < -0.39 is 0 Å². The third kappa shape index (κ3) is 2.07. The number of nitrogens with zero attached hydrogens (tertiary/aromatic N) is 1. The first-order valence-corrected chi connectivity index (χ1v) is 5.21. The zero-order valence-electron chi connectivity index (χ0n) is 7.57. The summed E-state index contributed by atoms with van der Waals surface area (Å²) in [7, 11) is 0. The van der Waals surface area contributed by atoms with Crippen LogP contribution in [0.25, 0.3) is 0 Å². The highest BCUT2D eigenvalue weighted by atomic mass is 79.9. The van der Waals surface area contributed by atoms with Crippen LogP contribution in [0.15, 0.2) is 28.7 Å². The number of rotatable bonds is 2. The van der Waals surface area contributed by atoms with Gasteiger partial charge in [-0.3, -0.25) is 0 Å². The van der Waals surface area contributed by atoms with Crippen molar-refractivity contribution in [2.75, 3.05) is 13.2 Å². The summed E-state index contributed by atoms with van der Waals surface area (Å²) in [4.78, 5) is 12.9. The minimum Gasteiger partial charge on any atom is -0.448 e. The molecule has 0 unspecified atom stereocenters. The Morgan fingerprint density at radius 3 is 3.00 bits per heavy atom. The largest absolute Gasteiger partial charge is 0.448 e. The fourth-order valence-corrected chi connectivity index (χ4v) is 1.87. The molecule has 0 saturated carbocycles. The number of hydrogen-bond donors (Lipinski definition) is 0. The predicted molar refractivity (Wildman–Crippen MR) is 55.9 cm³/mol. The van der Waals surface area contributed by atoms with Crippen molar-refractivity contribution in [1.29, 1.82) is 0 Å². The van der Waals surface area contributed by atoms with Gasteiger partial charge in [0.15, 0.2) is 0 Å². The second-order valence-corrected chi connectivity index (χ2v) is 4.08. The topological polar surface area (TPSA) is 29.5 Å². The van der Waals surface area contributed by atoms with Crippen LogP contribution >= 0.6 is 15.9 Å². The maximum atomic E-state index is 11.2. The molecule has 0 atom stereocenters. The van der Waals surface area contributed by atoms with Crippen molar-refractivity contribution in [2.24, 2.45) is 0 Å². The molecule has 1 fully saturated rings. The fraction of sp³-hybridized carbons (Fsp3) is 0.300. The van der Waals surface area contributed by atoms with Crippen LogP contribution < -0.4 is 0 Å². The lowest BCUT2D eigenvalue weighted by molar-refractivity contribution is 0.157. The number of cyclic esters (lactones) is 1. The summed E-state index contributed by atoms with van der Waals surface area (Å²) >= 11 is 3.39. The SMILES string of the molecule is O=C1OCCN1Cc1cccc(Br)c1. The molecule has 0 aliphatic carbocycles. The van der Waals surface area contributed by atoms with E-state index in [1.807, 2.05) is 24.3 Å². The van der Waals surface area contributed by atoms with Gasteiger partial charge in [-0.15, -0.1) is 0 Å². The molecule has 1 amide bonds. The molecule has 0 bridgehead atoms. The van der Waals surface area contributed by atoms with Gasteiger partial charge < -0.3 is 9.64 Å². The number of benzene rings is 1. The van der Waals surface area contributed by atoms with Crippen molar-refractivity contribution in [3.8, 4) is 0 Å². The molecular formula is C10H10BrNO2. The number of ether oxygens (including phenoxy) is 1. The van der Waals surface area contributed by atoms with Crippen LogP contribution in [0.2, 0.25) is 0 Å². The van der Waals surface area contributed by atoms with E-state index in [1.54, 1.807) is 4.90 Å². The van der Waals surface area contributed by atoms with Crippen molar-refractivity contribution in [2.45, 2.75) is 6.54 Å². The van der Waals surface area contributed by atoms with Gasteiger partial charge in [0.25, 0.3) is 0 Å². The van der Waals surface area contributed by atoms with Crippen molar-refractivity contribution >= 4 is 22.0 Å². The van der Waals surface area contributed by atoms with Gasteiger partial charge in [0.1, 0.15) is 6.61 Å². The summed E-state index contributed by atoms with van der Waals surface area (Å²) in [6, 6.07) is 7.93. The Hall–Kier alpha value is -1.03. The summed E-state index contributed by atoms with van der Waals surface area (Å²) < 4.78 is 5.87. The molecule has 1 aliphatic heterocycles. The van der Waals surface area contributed by atoms with Gasteiger partial charge in [-0.1, -0.05) is 28.1 Å². The number of carbonyl (C=O) groups is 1. The van der Waals surface area contributed by atoms with Crippen molar-refractivity contribution in [3.05, 3.63) is 34.3 Å². The fourth-order valence-electron chi connectivity index (χ4n) is 1.43. The Balaban J connectivity index is 2.07. The standard InChI is InChI=1S/C10H10BrNO2/c11-9-3-1-2-8(6-9)7-12-4-5-14-10(12)13/h1-3,6H,4-5,7H2. The normalized spacial score (nSPS) is 15.8. The van der Waals surface area contributed by atoms with Gasteiger partial charge in [0, 0.05) is 11.0 Å². The van der Waals surface area contributed by atoms with E-state index in [-0.39, 0.29) is 6.09 Å². The van der Waals surface area contributed by atoms with Crippen LogP contribution in [-0.4, -0.2) is 24.1 Å². The van der Waals surface area contributed by atoms with Crippen LogP contribution in [0.5, 0.6) is 0 Å². The Morgan fingerprint density at radius 1 is 1.50 bits per heavy atom. The van der Waals surface area contributed by atoms with Crippen LogP contribution in [0.4, 0.5) is 4.79 Å². The van der Waals surface area contributed by atoms with E-state index in [2.05, 4.69) is 15.9 Å². The third-order valence-electron chi connectivity index (χ3n) is 2.11. The summed E-state index contributed by atoms with van der Waals surface area (Å²) in [6.45, 7) is 1.82. The summed E-state index contributed by atoms with van der Waals surface area (Å²) in [6.07, 6.45) is -0.218. The predicted octanol–water partition coefficient (Wildman–Crippen LogP) is 2.40.